The third-order valence-corrected chi connectivity index (χ3v) is 5.04. The van der Waals surface area contributed by atoms with E-state index < -0.39 is 0 Å². The molecule has 4 nitrogen and oxygen atoms in total. The smallest absolute Gasteiger partial charge is 0.233 e. The summed E-state index contributed by atoms with van der Waals surface area (Å²) in [5, 5.41) is 0. The van der Waals surface area contributed by atoms with Crippen LogP contribution >= 0.6 is 0 Å². The van der Waals surface area contributed by atoms with Crippen molar-refractivity contribution in [2.45, 2.75) is 33.6 Å². The summed E-state index contributed by atoms with van der Waals surface area (Å²) in [4.78, 5) is 38.7. The number of ketones is 1. The molecule has 1 fully saturated rings. The number of fused-ring (bicyclic) bond motifs is 1. The van der Waals surface area contributed by atoms with Gasteiger partial charge >= 0.3 is 0 Å². The number of carbonyl (C=O) groups is 3. The predicted molar refractivity (Wildman–Crippen MR) is 87.1 cm³/mol. The van der Waals surface area contributed by atoms with Gasteiger partial charge in [-0.15, -0.1) is 0 Å². The maximum atomic E-state index is 12.6. The van der Waals surface area contributed by atoms with Crippen molar-refractivity contribution in [3.63, 3.8) is 0 Å². The highest BCUT2D eigenvalue weighted by Gasteiger charge is 2.47. The minimum absolute atomic E-state index is 0.145. The lowest BCUT2D eigenvalue weighted by atomic mass is 9.85. The molecule has 1 heterocycles. The highest BCUT2D eigenvalue weighted by atomic mass is 16.2. The van der Waals surface area contributed by atoms with Crippen molar-refractivity contribution in [1.82, 2.24) is 4.90 Å². The summed E-state index contributed by atoms with van der Waals surface area (Å²) < 4.78 is 0. The molecule has 0 aromatic heterocycles. The Morgan fingerprint density at radius 2 is 1.48 bits per heavy atom. The first-order chi connectivity index (χ1) is 10.9. The van der Waals surface area contributed by atoms with Crippen LogP contribution in [-0.2, 0) is 9.59 Å². The zero-order valence-corrected chi connectivity index (χ0v) is 13.8. The van der Waals surface area contributed by atoms with Gasteiger partial charge in [-0.25, -0.2) is 0 Å². The molecule has 3 rings (SSSR count). The number of carbonyl (C=O) groups excluding carboxylic acids is 3. The van der Waals surface area contributed by atoms with Crippen molar-refractivity contribution in [3.8, 4) is 0 Å². The second-order valence-corrected chi connectivity index (χ2v) is 6.59. The van der Waals surface area contributed by atoms with E-state index in [4.69, 9.17) is 0 Å². The minimum Gasteiger partial charge on any atom is -0.292 e. The Labute approximate surface area is 136 Å². The monoisotopic (exact) mass is 311 g/mol. The SMILES string of the molecule is Cc1cc(C)c(C(=O)CN2C(=O)[C@H]3CC=CC[C@H]3C2=O)cc1C. The van der Waals surface area contributed by atoms with Gasteiger partial charge in [0, 0.05) is 5.56 Å². The van der Waals surface area contributed by atoms with Crippen LogP contribution in [0.1, 0.15) is 39.9 Å². The number of aryl methyl sites for hydroxylation is 3. The van der Waals surface area contributed by atoms with Crippen LogP contribution in [0.4, 0.5) is 0 Å². The number of rotatable bonds is 3. The molecule has 0 unspecified atom stereocenters. The topological polar surface area (TPSA) is 54.5 Å². The molecule has 2 aliphatic rings. The van der Waals surface area contributed by atoms with E-state index >= 15 is 0 Å². The molecule has 2 atom stereocenters. The number of benzene rings is 1. The van der Waals surface area contributed by atoms with E-state index in [0.29, 0.717) is 18.4 Å². The fourth-order valence-electron chi connectivity index (χ4n) is 3.51. The molecule has 0 radical (unpaired) electrons. The zero-order valence-electron chi connectivity index (χ0n) is 13.8. The van der Waals surface area contributed by atoms with Gasteiger partial charge in [0.2, 0.25) is 11.8 Å². The Hall–Kier alpha value is -2.23. The summed E-state index contributed by atoms with van der Waals surface area (Å²) in [6.07, 6.45) is 5.10. The minimum atomic E-state index is -0.277. The Morgan fingerprint density at radius 1 is 0.957 bits per heavy atom. The molecule has 23 heavy (non-hydrogen) atoms. The molecule has 1 aliphatic carbocycles. The van der Waals surface area contributed by atoms with Gasteiger partial charge in [0.15, 0.2) is 5.78 Å². The summed E-state index contributed by atoms with van der Waals surface area (Å²) in [5.74, 6) is -1.11. The number of likely N-dealkylation sites (tertiary alicyclic amines) is 1. The molecular weight excluding hydrogens is 290 g/mol. The zero-order chi connectivity index (χ0) is 16.7. The summed E-state index contributed by atoms with van der Waals surface area (Å²) in [6.45, 7) is 5.70. The molecule has 1 aromatic carbocycles. The molecule has 1 aliphatic heterocycles. The molecule has 1 aromatic rings. The van der Waals surface area contributed by atoms with Crippen LogP contribution < -0.4 is 0 Å². The van der Waals surface area contributed by atoms with Crippen LogP contribution in [0.3, 0.4) is 0 Å². The van der Waals surface area contributed by atoms with Crippen molar-refractivity contribution in [1.29, 1.82) is 0 Å². The second-order valence-electron chi connectivity index (χ2n) is 6.59. The van der Waals surface area contributed by atoms with E-state index in [-0.39, 0.29) is 36.0 Å². The third kappa shape index (κ3) is 2.62. The summed E-state index contributed by atoms with van der Waals surface area (Å²) >= 11 is 0. The van der Waals surface area contributed by atoms with Gasteiger partial charge in [-0.05, 0) is 56.4 Å². The van der Waals surface area contributed by atoms with Crippen LogP contribution in [0.2, 0.25) is 0 Å². The first-order valence-electron chi connectivity index (χ1n) is 8.01. The Kier molecular flexibility index (Phi) is 3.92. The van der Waals surface area contributed by atoms with E-state index in [0.717, 1.165) is 16.7 Å². The molecule has 2 amide bonds. The first-order valence-corrected chi connectivity index (χ1v) is 8.01. The third-order valence-electron chi connectivity index (χ3n) is 5.04. The molecule has 0 N–H and O–H groups in total. The van der Waals surface area contributed by atoms with Crippen molar-refractivity contribution in [3.05, 3.63) is 46.5 Å². The number of hydrogen-bond donors (Lipinski definition) is 0. The van der Waals surface area contributed by atoms with Crippen LogP contribution in [-0.4, -0.2) is 29.0 Å². The first kappa shape index (κ1) is 15.7. The molecule has 1 saturated heterocycles. The van der Waals surface area contributed by atoms with Crippen LogP contribution in [0.25, 0.3) is 0 Å². The van der Waals surface area contributed by atoms with Crippen LogP contribution in [0, 0.1) is 32.6 Å². The van der Waals surface area contributed by atoms with Gasteiger partial charge < -0.3 is 0 Å². The van der Waals surface area contributed by atoms with Crippen LogP contribution in [0.15, 0.2) is 24.3 Å². The molecule has 0 spiro atoms. The van der Waals surface area contributed by atoms with E-state index in [1.54, 1.807) is 0 Å². The quantitative estimate of drug-likeness (QED) is 0.490. The average molecular weight is 311 g/mol. The highest BCUT2D eigenvalue weighted by Crippen LogP contribution is 2.35. The van der Waals surface area contributed by atoms with E-state index in [1.807, 2.05) is 45.1 Å². The summed E-state index contributed by atoms with van der Waals surface area (Å²) in [6, 6.07) is 3.83. The summed E-state index contributed by atoms with van der Waals surface area (Å²) in [5.41, 5.74) is 3.65. The molecular formula is C19H21NO3. The van der Waals surface area contributed by atoms with Crippen LogP contribution in [0.5, 0.6) is 0 Å². The Bertz CT molecular complexity index is 706. The van der Waals surface area contributed by atoms with Gasteiger partial charge in [-0.1, -0.05) is 18.2 Å². The van der Waals surface area contributed by atoms with Gasteiger partial charge in [0.25, 0.3) is 0 Å². The van der Waals surface area contributed by atoms with Crippen molar-refractivity contribution in [2.75, 3.05) is 6.54 Å². The van der Waals surface area contributed by atoms with Crippen molar-refractivity contribution in [2.24, 2.45) is 11.8 Å². The number of imide groups is 1. The fourth-order valence-corrected chi connectivity index (χ4v) is 3.51. The lowest BCUT2D eigenvalue weighted by Crippen LogP contribution is -2.36. The lowest BCUT2D eigenvalue weighted by Gasteiger charge is -2.15. The second kappa shape index (κ2) is 5.76. The number of amides is 2. The van der Waals surface area contributed by atoms with E-state index in [1.165, 1.54) is 4.90 Å². The number of Topliss-reactive ketones (excluding diaryl/α,β-unsaturated/α-hetero) is 1. The van der Waals surface area contributed by atoms with Gasteiger partial charge in [-0.2, -0.15) is 0 Å². The molecule has 0 saturated carbocycles. The molecule has 0 bridgehead atoms. The molecule has 120 valence electrons. The van der Waals surface area contributed by atoms with Gasteiger partial charge in [0.05, 0.1) is 18.4 Å². The number of allylic oxidation sites excluding steroid dienone is 2. The average Bonchev–Trinajstić information content (AvgIpc) is 2.76. The van der Waals surface area contributed by atoms with E-state index in [2.05, 4.69) is 0 Å². The van der Waals surface area contributed by atoms with E-state index in [9.17, 15) is 14.4 Å². The Morgan fingerprint density at radius 3 is 2.04 bits per heavy atom. The standard InChI is InChI=1S/C19H21NO3/c1-11-8-13(3)16(9-12(11)2)17(21)10-20-18(22)14-6-4-5-7-15(14)19(20)23/h4-5,8-9,14-15H,6-7,10H2,1-3H3/t14-,15+. The highest BCUT2D eigenvalue weighted by molar-refractivity contribution is 6.10. The molecule has 4 heteroatoms. The maximum Gasteiger partial charge on any atom is 0.233 e. The van der Waals surface area contributed by atoms with Gasteiger partial charge in [-0.3, -0.25) is 19.3 Å². The lowest BCUT2D eigenvalue weighted by molar-refractivity contribution is -0.139. The number of nitrogens with zero attached hydrogens (tertiary/aromatic N) is 1. The van der Waals surface area contributed by atoms with Crippen molar-refractivity contribution < 1.29 is 14.4 Å². The fraction of sp³-hybridized carbons (Fsp3) is 0.421. The maximum absolute atomic E-state index is 12.6. The normalized spacial score (nSPS) is 23.3. The largest absolute Gasteiger partial charge is 0.292 e. The van der Waals surface area contributed by atoms with Gasteiger partial charge in [0.1, 0.15) is 0 Å². The summed E-state index contributed by atoms with van der Waals surface area (Å²) in [7, 11) is 0. The predicted octanol–water partition coefficient (Wildman–Crippen LogP) is 2.75. The Balaban J connectivity index is 1.82. The van der Waals surface area contributed by atoms with Crippen molar-refractivity contribution >= 4 is 17.6 Å². The number of hydrogen-bond acceptors (Lipinski definition) is 3.